The van der Waals surface area contributed by atoms with Gasteiger partial charge in [0.1, 0.15) is 6.42 Å². The van der Waals surface area contributed by atoms with Gasteiger partial charge in [0.15, 0.2) is 11.6 Å². The zero-order valence-corrected chi connectivity index (χ0v) is 9.13. The Hall–Kier alpha value is -1.98. The highest BCUT2D eigenvalue weighted by Gasteiger charge is 2.11. The van der Waals surface area contributed by atoms with E-state index in [1.165, 1.54) is 6.07 Å². The van der Waals surface area contributed by atoms with Crippen LogP contribution in [0.1, 0.15) is 13.3 Å². The Balaban J connectivity index is 2.56. The number of amides is 1. The molecule has 0 saturated carbocycles. The van der Waals surface area contributed by atoms with Crippen molar-refractivity contribution in [3.8, 4) is 0 Å². The summed E-state index contributed by atoms with van der Waals surface area (Å²) in [5, 5.41) is 2.25. The molecule has 92 valence electrons. The molecule has 0 fully saturated rings. The van der Waals surface area contributed by atoms with Gasteiger partial charge in [-0.15, -0.1) is 0 Å². The molecule has 0 bridgehead atoms. The molecule has 1 aromatic carbocycles. The summed E-state index contributed by atoms with van der Waals surface area (Å²) < 4.78 is 29.9. The molecule has 6 heteroatoms. The van der Waals surface area contributed by atoms with E-state index in [0.29, 0.717) is 0 Å². The fraction of sp³-hybridized carbons (Fsp3) is 0.273. The first-order chi connectivity index (χ1) is 8.02. The van der Waals surface area contributed by atoms with Gasteiger partial charge in [-0.25, -0.2) is 8.78 Å². The van der Waals surface area contributed by atoms with Gasteiger partial charge in [-0.1, -0.05) is 0 Å². The number of esters is 1. The van der Waals surface area contributed by atoms with E-state index in [9.17, 15) is 18.4 Å². The van der Waals surface area contributed by atoms with Crippen LogP contribution in [0.2, 0.25) is 0 Å². The molecule has 0 aliphatic rings. The monoisotopic (exact) mass is 243 g/mol. The number of hydrogen-bond acceptors (Lipinski definition) is 3. The van der Waals surface area contributed by atoms with Crippen molar-refractivity contribution in [1.82, 2.24) is 0 Å². The van der Waals surface area contributed by atoms with Crippen LogP contribution < -0.4 is 5.32 Å². The van der Waals surface area contributed by atoms with Gasteiger partial charge < -0.3 is 10.1 Å². The highest BCUT2D eigenvalue weighted by molar-refractivity contribution is 6.01. The number of carbonyl (C=O) groups is 2. The molecule has 0 aromatic heterocycles. The van der Waals surface area contributed by atoms with Gasteiger partial charge in [-0.3, -0.25) is 9.59 Å². The van der Waals surface area contributed by atoms with Crippen molar-refractivity contribution in [1.29, 1.82) is 0 Å². The first kappa shape index (κ1) is 13.1. The van der Waals surface area contributed by atoms with Crippen LogP contribution in [0.15, 0.2) is 18.2 Å². The van der Waals surface area contributed by atoms with Gasteiger partial charge in [0, 0.05) is 11.8 Å². The smallest absolute Gasteiger partial charge is 0.315 e. The number of ether oxygens (including phenoxy) is 1. The van der Waals surface area contributed by atoms with Crippen molar-refractivity contribution in [3.05, 3.63) is 29.8 Å². The summed E-state index contributed by atoms with van der Waals surface area (Å²) in [6.45, 7) is 1.79. The van der Waals surface area contributed by atoms with Crippen molar-refractivity contribution < 1.29 is 23.1 Å². The van der Waals surface area contributed by atoms with E-state index in [0.717, 1.165) is 12.1 Å². The van der Waals surface area contributed by atoms with Gasteiger partial charge in [-0.05, 0) is 19.1 Å². The number of nitrogens with one attached hydrogen (secondary N) is 1. The Morgan fingerprint density at radius 3 is 2.59 bits per heavy atom. The zero-order chi connectivity index (χ0) is 12.8. The Morgan fingerprint density at radius 1 is 1.29 bits per heavy atom. The molecule has 1 aromatic rings. The molecule has 0 unspecified atom stereocenters. The average molecular weight is 243 g/mol. The summed E-state index contributed by atoms with van der Waals surface area (Å²) in [4.78, 5) is 22.2. The minimum Gasteiger partial charge on any atom is -0.466 e. The molecule has 0 heterocycles. The van der Waals surface area contributed by atoms with Crippen LogP contribution in [0.3, 0.4) is 0 Å². The largest absolute Gasteiger partial charge is 0.466 e. The third-order valence-corrected chi connectivity index (χ3v) is 1.81. The van der Waals surface area contributed by atoms with E-state index in [4.69, 9.17) is 0 Å². The Morgan fingerprint density at radius 2 is 2.00 bits per heavy atom. The maximum Gasteiger partial charge on any atom is 0.315 e. The minimum absolute atomic E-state index is 0.0817. The van der Waals surface area contributed by atoms with Crippen molar-refractivity contribution in [2.45, 2.75) is 13.3 Å². The molecule has 17 heavy (non-hydrogen) atoms. The quantitative estimate of drug-likeness (QED) is 0.648. The van der Waals surface area contributed by atoms with Crippen molar-refractivity contribution in [2.75, 3.05) is 11.9 Å². The van der Waals surface area contributed by atoms with Gasteiger partial charge in [0.05, 0.1) is 6.61 Å². The predicted octanol–water partition coefficient (Wildman–Crippen LogP) is 1.86. The molecule has 0 saturated heterocycles. The number of carbonyl (C=O) groups excluding carboxylic acids is 2. The molecule has 1 amide bonds. The van der Waals surface area contributed by atoms with Crippen LogP contribution >= 0.6 is 0 Å². The number of rotatable bonds is 4. The predicted molar refractivity (Wildman–Crippen MR) is 56.2 cm³/mol. The van der Waals surface area contributed by atoms with Crippen LogP contribution in [-0.4, -0.2) is 18.5 Å². The number of halogens is 2. The van der Waals surface area contributed by atoms with Crippen LogP contribution in [0, 0.1) is 11.6 Å². The molecule has 0 radical (unpaired) electrons. The summed E-state index contributed by atoms with van der Waals surface area (Å²) in [5.41, 5.74) is 0.0817. The molecular formula is C11H11F2NO3. The third kappa shape index (κ3) is 4.18. The zero-order valence-electron chi connectivity index (χ0n) is 9.13. The third-order valence-electron chi connectivity index (χ3n) is 1.81. The molecule has 0 aliphatic carbocycles. The van der Waals surface area contributed by atoms with Crippen molar-refractivity contribution >= 4 is 17.6 Å². The van der Waals surface area contributed by atoms with E-state index >= 15 is 0 Å². The number of benzene rings is 1. The average Bonchev–Trinajstić information content (AvgIpc) is 2.23. The second-order valence-electron chi connectivity index (χ2n) is 3.16. The van der Waals surface area contributed by atoms with Crippen LogP contribution in [0.25, 0.3) is 0 Å². The first-order valence-electron chi connectivity index (χ1n) is 4.93. The normalized spacial score (nSPS) is 9.82. The number of anilines is 1. The summed E-state index contributed by atoms with van der Waals surface area (Å²) in [7, 11) is 0. The Labute approximate surface area is 96.6 Å². The lowest BCUT2D eigenvalue weighted by Crippen LogP contribution is -2.18. The maximum absolute atomic E-state index is 12.8. The standard InChI is InChI=1S/C11H11F2NO3/c1-2-17-11(16)6-10(15)14-7-3-4-8(12)9(13)5-7/h3-5H,2,6H2,1H3,(H,14,15). The topological polar surface area (TPSA) is 55.4 Å². The van der Waals surface area contributed by atoms with E-state index in [1.807, 2.05) is 0 Å². The van der Waals surface area contributed by atoms with Crippen LogP contribution in [0.4, 0.5) is 14.5 Å². The molecule has 1 rings (SSSR count). The number of hydrogen-bond donors (Lipinski definition) is 1. The minimum atomic E-state index is -1.07. The summed E-state index contributed by atoms with van der Waals surface area (Å²) >= 11 is 0. The van der Waals surface area contributed by atoms with Gasteiger partial charge in [0.2, 0.25) is 5.91 Å². The second-order valence-corrected chi connectivity index (χ2v) is 3.16. The van der Waals surface area contributed by atoms with Gasteiger partial charge in [0.25, 0.3) is 0 Å². The Kier molecular flexibility index (Phi) is 4.56. The highest BCUT2D eigenvalue weighted by atomic mass is 19.2. The van der Waals surface area contributed by atoms with Gasteiger partial charge in [-0.2, -0.15) is 0 Å². The van der Waals surface area contributed by atoms with Crippen LogP contribution in [0.5, 0.6) is 0 Å². The van der Waals surface area contributed by atoms with E-state index < -0.39 is 29.9 Å². The lowest BCUT2D eigenvalue weighted by atomic mass is 10.3. The summed E-state index contributed by atoms with van der Waals surface area (Å²) in [6, 6.07) is 2.91. The van der Waals surface area contributed by atoms with Crippen molar-refractivity contribution in [3.63, 3.8) is 0 Å². The lowest BCUT2D eigenvalue weighted by molar-refractivity contribution is -0.145. The SMILES string of the molecule is CCOC(=O)CC(=O)Nc1ccc(F)c(F)c1. The molecule has 0 spiro atoms. The summed E-state index contributed by atoms with van der Waals surface area (Å²) in [5.74, 6) is -3.39. The Bertz CT molecular complexity index is 435. The van der Waals surface area contributed by atoms with E-state index in [1.54, 1.807) is 6.92 Å². The molecular weight excluding hydrogens is 232 g/mol. The second kappa shape index (κ2) is 5.93. The highest BCUT2D eigenvalue weighted by Crippen LogP contribution is 2.13. The first-order valence-corrected chi connectivity index (χ1v) is 4.93. The van der Waals surface area contributed by atoms with Gasteiger partial charge >= 0.3 is 5.97 Å². The fourth-order valence-corrected chi connectivity index (χ4v) is 1.12. The van der Waals surface area contributed by atoms with E-state index in [2.05, 4.69) is 10.1 Å². The molecule has 0 atom stereocenters. The molecule has 1 N–H and O–H groups in total. The summed E-state index contributed by atoms with van der Waals surface area (Å²) in [6.07, 6.45) is -0.465. The molecule has 4 nitrogen and oxygen atoms in total. The lowest BCUT2D eigenvalue weighted by Gasteiger charge is -2.05. The van der Waals surface area contributed by atoms with Crippen LogP contribution in [-0.2, 0) is 14.3 Å². The maximum atomic E-state index is 12.8. The molecule has 0 aliphatic heterocycles. The van der Waals surface area contributed by atoms with Crippen molar-refractivity contribution in [2.24, 2.45) is 0 Å². The van der Waals surface area contributed by atoms with E-state index in [-0.39, 0.29) is 12.3 Å². The fourth-order valence-electron chi connectivity index (χ4n) is 1.12.